The number of nitrogens with zero attached hydrogens (tertiary/aromatic N) is 4. The number of nitrogens with one attached hydrogen (secondary N) is 1. The Morgan fingerprint density at radius 2 is 1.83 bits per heavy atom. The molecule has 29 heavy (non-hydrogen) atoms. The standard InChI is InChI=1S/C22H31N5OS/c1-17(21(28)23-18-10-4-2-5-11-18)29-22-25-24-20(16-26-14-8-9-15-26)27(22)19-12-6-3-7-13-19/h3,6-7,12-13,17-18H,2,4-5,8-11,14-16H2,1H3,(H,23,28). The molecule has 2 aliphatic rings. The summed E-state index contributed by atoms with van der Waals surface area (Å²) in [4.78, 5) is 15.2. The normalized spacial score (nSPS) is 19.3. The maximum Gasteiger partial charge on any atom is 0.233 e. The predicted molar refractivity (Wildman–Crippen MR) is 116 cm³/mol. The average molecular weight is 414 g/mol. The van der Waals surface area contributed by atoms with E-state index in [0.29, 0.717) is 6.04 Å². The van der Waals surface area contributed by atoms with Gasteiger partial charge in [0.25, 0.3) is 0 Å². The number of aromatic nitrogens is 3. The largest absolute Gasteiger partial charge is 0.352 e. The topological polar surface area (TPSA) is 63.1 Å². The summed E-state index contributed by atoms with van der Waals surface area (Å²) in [6, 6.07) is 10.6. The Bertz CT molecular complexity index is 797. The molecule has 1 saturated heterocycles. The molecule has 2 fully saturated rings. The minimum absolute atomic E-state index is 0.102. The van der Waals surface area contributed by atoms with Crippen LogP contribution in [0, 0.1) is 0 Å². The van der Waals surface area contributed by atoms with Crippen molar-refractivity contribution >= 4 is 17.7 Å². The van der Waals surface area contributed by atoms with Crippen LogP contribution in [0.3, 0.4) is 0 Å². The van der Waals surface area contributed by atoms with E-state index in [4.69, 9.17) is 0 Å². The lowest BCUT2D eigenvalue weighted by Gasteiger charge is -2.24. The van der Waals surface area contributed by atoms with E-state index >= 15 is 0 Å². The highest BCUT2D eigenvalue weighted by atomic mass is 32.2. The van der Waals surface area contributed by atoms with Crippen LogP contribution >= 0.6 is 11.8 Å². The SMILES string of the molecule is CC(Sc1nnc(CN2CCCC2)n1-c1ccccc1)C(=O)NC1CCCCC1. The van der Waals surface area contributed by atoms with E-state index in [0.717, 1.165) is 49.1 Å². The number of amides is 1. The first-order valence-corrected chi connectivity index (χ1v) is 11.8. The first kappa shape index (κ1) is 20.4. The van der Waals surface area contributed by atoms with Crippen molar-refractivity contribution in [1.82, 2.24) is 25.0 Å². The molecule has 156 valence electrons. The number of para-hydroxylation sites is 1. The maximum atomic E-state index is 12.8. The number of carbonyl (C=O) groups excluding carboxylic acids is 1. The molecular formula is C22H31N5OS. The summed E-state index contributed by atoms with van der Waals surface area (Å²) in [6.07, 6.45) is 8.42. The van der Waals surface area contributed by atoms with Crippen LogP contribution in [0.4, 0.5) is 0 Å². The lowest BCUT2D eigenvalue weighted by molar-refractivity contribution is -0.121. The van der Waals surface area contributed by atoms with E-state index in [1.165, 1.54) is 43.9 Å². The van der Waals surface area contributed by atoms with Crippen molar-refractivity contribution < 1.29 is 4.79 Å². The van der Waals surface area contributed by atoms with Gasteiger partial charge in [-0.3, -0.25) is 14.3 Å². The highest BCUT2D eigenvalue weighted by molar-refractivity contribution is 8.00. The summed E-state index contributed by atoms with van der Waals surface area (Å²) in [6.45, 7) is 4.99. The molecule has 1 aliphatic heterocycles. The molecule has 1 saturated carbocycles. The number of rotatable bonds is 7. The molecule has 1 amide bonds. The fourth-order valence-electron chi connectivity index (χ4n) is 4.23. The minimum atomic E-state index is -0.205. The van der Waals surface area contributed by atoms with Crippen LogP contribution in [0.2, 0.25) is 0 Å². The first-order valence-electron chi connectivity index (χ1n) is 10.9. The van der Waals surface area contributed by atoms with Gasteiger partial charge in [0.1, 0.15) is 0 Å². The van der Waals surface area contributed by atoms with Crippen LogP contribution in [0.1, 0.15) is 57.7 Å². The van der Waals surface area contributed by atoms with Gasteiger partial charge >= 0.3 is 0 Å². The van der Waals surface area contributed by atoms with Gasteiger partial charge in [0.15, 0.2) is 11.0 Å². The summed E-state index contributed by atoms with van der Waals surface area (Å²) in [5, 5.41) is 12.8. The Kier molecular flexibility index (Phi) is 6.87. The molecule has 6 nitrogen and oxygen atoms in total. The van der Waals surface area contributed by atoms with Crippen LogP contribution in [-0.4, -0.2) is 50.0 Å². The van der Waals surface area contributed by atoms with Crippen molar-refractivity contribution in [1.29, 1.82) is 0 Å². The van der Waals surface area contributed by atoms with Crippen LogP contribution in [0.25, 0.3) is 5.69 Å². The van der Waals surface area contributed by atoms with E-state index in [9.17, 15) is 4.79 Å². The highest BCUT2D eigenvalue weighted by Crippen LogP contribution is 2.27. The van der Waals surface area contributed by atoms with Crippen molar-refractivity contribution in [2.45, 2.75) is 74.9 Å². The fraction of sp³-hybridized carbons (Fsp3) is 0.591. The minimum Gasteiger partial charge on any atom is -0.352 e. The quantitative estimate of drug-likeness (QED) is 0.700. The van der Waals surface area contributed by atoms with Gasteiger partial charge in [-0.1, -0.05) is 49.2 Å². The van der Waals surface area contributed by atoms with E-state index in [1.807, 2.05) is 25.1 Å². The van der Waals surface area contributed by atoms with E-state index in [1.54, 1.807) is 0 Å². The van der Waals surface area contributed by atoms with Crippen molar-refractivity contribution in [2.75, 3.05) is 13.1 Å². The predicted octanol–water partition coefficient (Wildman–Crippen LogP) is 3.79. The Balaban J connectivity index is 1.49. The van der Waals surface area contributed by atoms with Crippen molar-refractivity contribution in [3.05, 3.63) is 36.2 Å². The van der Waals surface area contributed by atoms with Crippen molar-refractivity contribution in [2.24, 2.45) is 0 Å². The van der Waals surface area contributed by atoms with E-state index in [-0.39, 0.29) is 11.2 Å². The lowest BCUT2D eigenvalue weighted by Crippen LogP contribution is -2.40. The van der Waals surface area contributed by atoms with Gasteiger partial charge in [0, 0.05) is 11.7 Å². The van der Waals surface area contributed by atoms with E-state index in [2.05, 4.69) is 37.1 Å². The number of hydrogen-bond acceptors (Lipinski definition) is 5. The second-order valence-corrected chi connectivity index (χ2v) is 9.46. The summed E-state index contributed by atoms with van der Waals surface area (Å²) < 4.78 is 2.12. The molecule has 1 atom stereocenters. The third-order valence-corrected chi connectivity index (χ3v) is 6.92. The highest BCUT2D eigenvalue weighted by Gasteiger charge is 2.24. The van der Waals surface area contributed by atoms with Gasteiger partial charge < -0.3 is 5.32 Å². The Morgan fingerprint density at radius 1 is 1.10 bits per heavy atom. The molecule has 1 aromatic carbocycles. The molecule has 4 rings (SSSR count). The molecule has 1 aromatic heterocycles. The molecule has 1 unspecified atom stereocenters. The van der Waals surface area contributed by atoms with Crippen molar-refractivity contribution in [3.8, 4) is 5.69 Å². The first-order chi connectivity index (χ1) is 14.2. The summed E-state index contributed by atoms with van der Waals surface area (Å²) in [5.74, 6) is 1.05. The molecule has 0 radical (unpaired) electrons. The van der Waals surface area contributed by atoms with Gasteiger partial charge in [0.2, 0.25) is 5.91 Å². The zero-order valence-electron chi connectivity index (χ0n) is 17.2. The van der Waals surface area contributed by atoms with Crippen molar-refractivity contribution in [3.63, 3.8) is 0 Å². The summed E-state index contributed by atoms with van der Waals surface area (Å²) in [7, 11) is 0. The summed E-state index contributed by atoms with van der Waals surface area (Å²) >= 11 is 1.50. The van der Waals surface area contributed by atoms with E-state index < -0.39 is 0 Å². The second-order valence-electron chi connectivity index (χ2n) is 8.16. The molecule has 2 aromatic rings. The fourth-order valence-corrected chi connectivity index (χ4v) is 5.13. The third kappa shape index (κ3) is 5.20. The Hall–Kier alpha value is -1.86. The van der Waals surface area contributed by atoms with Gasteiger partial charge in [-0.2, -0.15) is 0 Å². The van der Waals surface area contributed by atoms with Gasteiger partial charge in [-0.25, -0.2) is 0 Å². The zero-order chi connectivity index (χ0) is 20.1. The zero-order valence-corrected chi connectivity index (χ0v) is 18.0. The molecule has 0 bridgehead atoms. The smallest absolute Gasteiger partial charge is 0.233 e. The Labute approximate surface area is 177 Å². The Morgan fingerprint density at radius 3 is 2.55 bits per heavy atom. The molecule has 7 heteroatoms. The van der Waals surface area contributed by atoms with Gasteiger partial charge in [0.05, 0.1) is 11.8 Å². The van der Waals surface area contributed by atoms with Crippen LogP contribution < -0.4 is 5.32 Å². The number of hydrogen-bond donors (Lipinski definition) is 1. The molecule has 0 spiro atoms. The number of benzene rings is 1. The molecule has 1 N–H and O–H groups in total. The second kappa shape index (κ2) is 9.76. The molecule has 1 aliphatic carbocycles. The van der Waals surface area contributed by atoms with Crippen LogP contribution in [0.15, 0.2) is 35.5 Å². The lowest BCUT2D eigenvalue weighted by atomic mass is 9.95. The van der Waals surface area contributed by atoms with Gasteiger partial charge in [-0.05, 0) is 57.8 Å². The maximum absolute atomic E-state index is 12.8. The number of likely N-dealkylation sites (tertiary alicyclic amines) is 1. The molecular weight excluding hydrogens is 382 g/mol. The average Bonchev–Trinajstić information content (AvgIpc) is 3.40. The molecule has 2 heterocycles. The monoisotopic (exact) mass is 413 g/mol. The summed E-state index contributed by atoms with van der Waals surface area (Å²) in [5.41, 5.74) is 1.05. The third-order valence-electron chi connectivity index (χ3n) is 5.88. The van der Waals surface area contributed by atoms with Crippen LogP contribution in [0.5, 0.6) is 0 Å². The van der Waals surface area contributed by atoms with Gasteiger partial charge in [-0.15, -0.1) is 10.2 Å². The van der Waals surface area contributed by atoms with Crippen LogP contribution in [-0.2, 0) is 11.3 Å². The number of thioether (sulfide) groups is 1. The number of carbonyl (C=O) groups is 1.